The Labute approximate surface area is 124 Å². The summed E-state index contributed by atoms with van der Waals surface area (Å²) in [6, 6.07) is 1.77. The van der Waals surface area contributed by atoms with E-state index in [9.17, 15) is 8.42 Å². The van der Waals surface area contributed by atoms with E-state index < -0.39 is 10.0 Å². The molecule has 0 amide bonds. The summed E-state index contributed by atoms with van der Waals surface area (Å²) in [5.41, 5.74) is 0. The second-order valence-corrected chi connectivity index (χ2v) is 8.26. The molecule has 0 fully saturated rings. The second-order valence-electron chi connectivity index (χ2n) is 4.35. The van der Waals surface area contributed by atoms with Gasteiger partial charge in [0.2, 0.25) is 10.0 Å². The fourth-order valence-electron chi connectivity index (χ4n) is 1.59. The van der Waals surface area contributed by atoms with E-state index in [1.165, 1.54) is 15.6 Å². The lowest BCUT2D eigenvalue weighted by atomic mass is 10.4. The molecule has 0 spiro atoms. The van der Waals surface area contributed by atoms with Gasteiger partial charge in [0.1, 0.15) is 0 Å². The molecule has 4 nitrogen and oxygen atoms in total. The third-order valence-electron chi connectivity index (χ3n) is 2.88. The van der Waals surface area contributed by atoms with Crippen LogP contribution in [-0.4, -0.2) is 44.4 Å². The maximum atomic E-state index is 12.4. The standard InChI is InChI=1S/C12H22N2O2S3/c1-5-13-7-11-6-12(9-18-11)19(15,16)14(3)10(2)8-17-4/h6,9-10,13H,5,7-8H2,1-4H3. The van der Waals surface area contributed by atoms with E-state index in [-0.39, 0.29) is 6.04 Å². The molecular weight excluding hydrogens is 300 g/mol. The maximum absolute atomic E-state index is 12.4. The molecule has 1 N–H and O–H groups in total. The van der Waals surface area contributed by atoms with Crippen molar-refractivity contribution in [2.45, 2.75) is 31.3 Å². The molecule has 0 saturated carbocycles. The Hall–Kier alpha value is -0.0800. The van der Waals surface area contributed by atoms with Crippen molar-refractivity contribution in [3.05, 3.63) is 16.3 Å². The average molecular weight is 323 g/mol. The van der Waals surface area contributed by atoms with Gasteiger partial charge in [0.15, 0.2) is 0 Å². The monoisotopic (exact) mass is 322 g/mol. The SMILES string of the molecule is CCNCc1cc(S(=O)(=O)N(C)C(C)CSC)cs1. The van der Waals surface area contributed by atoms with Crippen molar-refractivity contribution < 1.29 is 8.42 Å². The van der Waals surface area contributed by atoms with Crippen molar-refractivity contribution in [1.82, 2.24) is 9.62 Å². The van der Waals surface area contributed by atoms with Crippen molar-refractivity contribution in [1.29, 1.82) is 0 Å². The summed E-state index contributed by atoms with van der Waals surface area (Å²) in [6.45, 7) is 5.56. The summed E-state index contributed by atoms with van der Waals surface area (Å²) < 4.78 is 26.3. The molecule has 7 heteroatoms. The van der Waals surface area contributed by atoms with Crippen LogP contribution in [0.3, 0.4) is 0 Å². The van der Waals surface area contributed by atoms with Crippen molar-refractivity contribution in [2.75, 3.05) is 25.6 Å². The van der Waals surface area contributed by atoms with Gasteiger partial charge >= 0.3 is 0 Å². The van der Waals surface area contributed by atoms with Crippen LogP contribution < -0.4 is 5.32 Å². The number of sulfonamides is 1. The number of hydrogen-bond donors (Lipinski definition) is 1. The largest absolute Gasteiger partial charge is 0.312 e. The van der Waals surface area contributed by atoms with Gasteiger partial charge in [-0.1, -0.05) is 6.92 Å². The average Bonchev–Trinajstić information content (AvgIpc) is 2.85. The number of thioether (sulfide) groups is 1. The van der Waals surface area contributed by atoms with Crippen molar-refractivity contribution in [2.24, 2.45) is 0 Å². The highest BCUT2D eigenvalue weighted by atomic mass is 32.2. The third-order valence-corrected chi connectivity index (χ3v) is 6.74. The summed E-state index contributed by atoms with van der Waals surface area (Å²) in [5, 5.41) is 4.93. The van der Waals surface area contributed by atoms with Gasteiger partial charge in [0, 0.05) is 35.6 Å². The van der Waals surface area contributed by atoms with Crippen LogP contribution in [0.25, 0.3) is 0 Å². The summed E-state index contributed by atoms with van der Waals surface area (Å²) in [7, 11) is -1.71. The molecule has 1 unspecified atom stereocenters. The zero-order chi connectivity index (χ0) is 14.5. The third kappa shape index (κ3) is 4.46. The van der Waals surface area contributed by atoms with E-state index in [1.54, 1.807) is 30.3 Å². The minimum absolute atomic E-state index is 0.00267. The molecule has 110 valence electrons. The zero-order valence-electron chi connectivity index (χ0n) is 11.8. The molecule has 0 aliphatic heterocycles. The molecule has 1 rings (SSSR count). The van der Waals surface area contributed by atoms with Gasteiger partial charge in [-0.25, -0.2) is 8.42 Å². The summed E-state index contributed by atoms with van der Waals surface area (Å²) >= 11 is 3.14. The predicted octanol–water partition coefficient (Wildman–Crippen LogP) is 2.23. The van der Waals surface area contributed by atoms with E-state index in [4.69, 9.17) is 0 Å². The molecule has 1 aromatic rings. The fraction of sp³-hybridized carbons (Fsp3) is 0.667. The lowest BCUT2D eigenvalue weighted by molar-refractivity contribution is 0.415. The first-order valence-corrected chi connectivity index (χ1v) is 9.90. The summed E-state index contributed by atoms with van der Waals surface area (Å²) in [5.74, 6) is 0.796. The summed E-state index contributed by atoms with van der Waals surface area (Å²) in [6.07, 6.45) is 1.98. The second kappa shape index (κ2) is 7.64. The number of nitrogens with zero attached hydrogens (tertiary/aromatic N) is 1. The Kier molecular flexibility index (Phi) is 6.82. The van der Waals surface area contributed by atoms with Gasteiger partial charge in [-0.05, 0) is 25.8 Å². The minimum Gasteiger partial charge on any atom is -0.312 e. The maximum Gasteiger partial charge on any atom is 0.243 e. The van der Waals surface area contributed by atoms with Gasteiger partial charge in [-0.3, -0.25) is 0 Å². The highest BCUT2D eigenvalue weighted by Gasteiger charge is 2.26. The molecule has 0 radical (unpaired) electrons. The lowest BCUT2D eigenvalue weighted by Crippen LogP contribution is -2.36. The molecule has 0 aliphatic carbocycles. The quantitative estimate of drug-likeness (QED) is 0.797. The van der Waals surface area contributed by atoms with E-state index in [1.807, 2.05) is 20.1 Å². The van der Waals surface area contributed by atoms with E-state index in [0.717, 1.165) is 23.7 Å². The smallest absolute Gasteiger partial charge is 0.243 e. The van der Waals surface area contributed by atoms with Crippen molar-refractivity contribution >= 4 is 33.1 Å². The number of hydrogen-bond acceptors (Lipinski definition) is 5. The van der Waals surface area contributed by atoms with E-state index in [0.29, 0.717) is 4.90 Å². The van der Waals surface area contributed by atoms with Crippen LogP contribution in [-0.2, 0) is 16.6 Å². The Balaban J connectivity index is 2.84. The Bertz CT molecular complexity index is 485. The van der Waals surface area contributed by atoms with Gasteiger partial charge in [0.25, 0.3) is 0 Å². The topological polar surface area (TPSA) is 49.4 Å². The van der Waals surface area contributed by atoms with Gasteiger partial charge in [0.05, 0.1) is 4.90 Å². The van der Waals surface area contributed by atoms with Crippen LogP contribution in [0.1, 0.15) is 18.7 Å². The normalized spacial score (nSPS) is 13.9. The van der Waals surface area contributed by atoms with Crippen molar-refractivity contribution in [3.63, 3.8) is 0 Å². The highest BCUT2D eigenvalue weighted by Crippen LogP contribution is 2.23. The van der Waals surface area contributed by atoms with E-state index in [2.05, 4.69) is 5.32 Å². The van der Waals surface area contributed by atoms with Crippen LogP contribution in [0.4, 0.5) is 0 Å². The number of rotatable bonds is 8. The first-order valence-electron chi connectivity index (χ1n) is 6.18. The first-order chi connectivity index (χ1) is 8.93. The molecule has 1 atom stereocenters. The van der Waals surface area contributed by atoms with Crippen LogP contribution in [0.5, 0.6) is 0 Å². The molecular formula is C12H22N2O2S3. The van der Waals surface area contributed by atoms with Gasteiger partial charge in [-0.2, -0.15) is 16.1 Å². The fourth-order valence-corrected chi connectivity index (χ4v) is 4.98. The highest BCUT2D eigenvalue weighted by molar-refractivity contribution is 7.98. The molecule has 19 heavy (non-hydrogen) atoms. The van der Waals surface area contributed by atoms with Crippen LogP contribution in [0, 0.1) is 0 Å². The van der Waals surface area contributed by atoms with E-state index >= 15 is 0 Å². The predicted molar refractivity (Wildman–Crippen MR) is 84.5 cm³/mol. The Morgan fingerprint density at radius 3 is 2.79 bits per heavy atom. The first kappa shape index (κ1) is 17.0. The molecule has 0 aromatic carbocycles. The van der Waals surface area contributed by atoms with Crippen LogP contribution in [0.2, 0.25) is 0 Å². The van der Waals surface area contributed by atoms with Gasteiger partial charge in [-0.15, -0.1) is 11.3 Å². The van der Waals surface area contributed by atoms with Crippen LogP contribution in [0.15, 0.2) is 16.3 Å². The number of nitrogens with one attached hydrogen (secondary N) is 1. The Morgan fingerprint density at radius 2 is 2.21 bits per heavy atom. The number of thiophene rings is 1. The zero-order valence-corrected chi connectivity index (χ0v) is 14.3. The molecule has 0 bridgehead atoms. The summed E-state index contributed by atoms with van der Waals surface area (Å²) in [4.78, 5) is 1.45. The van der Waals surface area contributed by atoms with Gasteiger partial charge < -0.3 is 5.32 Å². The molecule has 0 aliphatic rings. The molecule has 1 aromatic heterocycles. The lowest BCUT2D eigenvalue weighted by Gasteiger charge is -2.23. The molecule has 1 heterocycles. The van der Waals surface area contributed by atoms with Crippen molar-refractivity contribution in [3.8, 4) is 0 Å². The Morgan fingerprint density at radius 1 is 1.53 bits per heavy atom. The minimum atomic E-state index is -3.36. The van der Waals surface area contributed by atoms with Crippen LogP contribution >= 0.6 is 23.1 Å². The molecule has 0 saturated heterocycles.